The summed E-state index contributed by atoms with van der Waals surface area (Å²) in [6.45, 7) is 7.42. The second-order valence-electron chi connectivity index (χ2n) is 13.4. The SMILES string of the molecule is Cc1cc(-c2cccc(-c3cccc(-c4nc5cc(CN6CCCC6C(=O)O)c(OC(F)F)cc5o4)c3C)c2C)ccc1CN1CCCC1. The Bertz CT molecular complexity index is 2020. The minimum Gasteiger partial charge on any atom is -0.480 e. The van der Waals surface area contributed by atoms with Crippen LogP contribution < -0.4 is 4.74 Å². The lowest BCUT2D eigenvalue weighted by Crippen LogP contribution is -2.35. The molecular formula is C40H41F2N3O4. The highest BCUT2D eigenvalue weighted by Crippen LogP contribution is 2.39. The number of aliphatic carboxylic acids is 1. The molecule has 0 aliphatic carbocycles. The number of halogens is 2. The first-order valence-corrected chi connectivity index (χ1v) is 17.0. The normalized spacial score (nSPS) is 17.1. The minimum absolute atomic E-state index is 0.0431. The number of aryl methyl sites for hydroxylation is 1. The number of alkyl halides is 2. The molecular weight excluding hydrogens is 624 g/mol. The van der Waals surface area contributed by atoms with Gasteiger partial charge in [0.05, 0.1) is 0 Å². The lowest BCUT2D eigenvalue weighted by molar-refractivity contribution is -0.142. The van der Waals surface area contributed by atoms with E-state index in [0.717, 1.165) is 35.2 Å². The number of ether oxygens (including phenoxy) is 1. The summed E-state index contributed by atoms with van der Waals surface area (Å²) in [5.74, 6) is -0.591. The number of fused-ring (bicyclic) bond motifs is 1. The van der Waals surface area contributed by atoms with Crippen LogP contribution in [0, 0.1) is 20.8 Å². The van der Waals surface area contributed by atoms with Crippen LogP contribution in [0.3, 0.4) is 0 Å². The molecule has 7 nitrogen and oxygen atoms in total. The van der Waals surface area contributed by atoms with E-state index in [1.54, 1.807) is 11.0 Å². The zero-order valence-electron chi connectivity index (χ0n) is 28.1. The smallest absolute Gasteiger partial charge is 0.387 e. The molecule has 2 saturated heterocycles. The highest BCUT2D eigenvalue weighted by molar-refractivity contribution is 5.85. The standard InChI is InChI=1S/C40H41F2N3O4/c1-24-19-27(14-15-28(24)22-44-16-4-5-17-44)30-9-6-10-31(25(30)2)32-11-7-12-33(26(32)3)38-43-34-20-29(23-45-18-8-13-35(45)39(46)47)36(49-40(41)42)21-37(34)48-38/h6-7,9-12,14-15,19-21,35,40H,4-5,8,13,16-18,22-23H2,1-3H3,(H,46,47). The quantitative estimate of drug-likeness (QED) is 0.160. The van der Waals surface area contributed by atoms with E-state index in [4.69, 9.17) is 14.1 Å². The van der Waals surface area contributed by atoms with E-state index in [1.807, 2.05) is 19.1 Å². The van der Waals surface area contributed by atoms with Crippen molar-refractivity contribution in [1.82, 2.24) is 14.8 Å². The number of oxazole rings is 1. The van der Waals surface area contributed by atoms with Gasteiger partial charge in [0.15, 0.2) is 5.58 Å². The summed E-state index contributed by atoms with van der Waals surface area (Å²) in [5.41, 5.74) is 11.4. The van der Waals surface area contributed by atoms with Crippen LogP contribution in [0.25, 0.3) is 44.8 Å². The second-order valence-corrected chi connectivity index (χ2v) is 13.4. The summed E-state index contributed by atoms with van der Waals surface area (Å²) in [5, 5.41) is 9.64. The molecule has 254 valence electrons. The summed E-state index contributed by atoms with van der Waals surface area (Å²) < 4.78 is 38.0. The molecule has 5 aromatic rings. The largest absolute Gasteiger partial charge is 0.480 e. The molecule has 7 rings (SSSR count). The van der Waals surface area contributed by atoms with Crippen LogP contribution in [0.15, 0.2) is 71.1 Å². The molecule has 4 aromatic carbocycles. The molecule has 2 aliphatic rings. The van der Waals surface area contributed by atoms with Gasteiger partial charge >= 0.3 is 12.6 Å². The molecule has 0 amide bonds. The topological polar surface area (TPSA) is 79.0 Å². The third-order valence-electron chi connectivity index (χ3n) is 10.2. The Morgan fingerprint density at radius 3 is 2.27 bits per heavy atom. The number of aromatic nitrogens is 1. The molecule has 2 aliphatic heterocycles. The molecule has 1 unspecified atom stereocenters. The third-order valence-corrected chi connectivity index (χ3v) is 10.2. The van der Waals surface area contributed by atoms with Crippen molar-refractivity contribution in [3.8, 4) is 39.5 Å². The number of hydrogen-bond donors (Lipinski definition) is 1. The predicted molar refractivity (Wildman–Crippen MR) is 187 cm³/mol. The summed E-state index contributed by atoms with van der Waals surface area (Å²) in [7, 11) is 0. The van der Waals surface area contributed by atoms with Crippen LogP contribution in [0.5, 0.6) is 5.75 Å². The van der Waals surface area contributed by atoms with Crippen molar-refractivity contribution in [2.45, 2.75) is 72.2 Å². The fraction of sp³-hybridized carbons (Fsp3) is 0.350. The van der Waals surface area contributed by atoms with Gasteiger partial charge in [0, 0.05) is 30.3 Å². The number of carboxylic acid groups (broad SMARTS) is 1. The highest BCUT2D eigenvalue weighted by atomic mass is 19.3. The molecule has 0 saturated carbocycles. The van der Waals surface area contributed by atoms with Crippen molar-refractivity contribution >= 4 is 17.1 Å². The summed E-state index contributed by atoms with van der Waals surface area (Å²) >= 11 is 0. The summed E-state index contributed by atoms with van der Waals surface area (Å²) in [6.07, 6.45) is 3.80. The Hall–Kier alpha value is -4.60. The number of hydrogen-bond acceptors (Lipinski definition) is 6. The fourth-order valence-electron chi connectivity index (χ4n) is 7.58. The predicted octanol–water partition coefficient (Wildman–Crippen LogP) is 9.00. The molecule has 1 atom stereocenters. The third kappa shape index (κ3) is 6.70. The number of carboxylic acids is 1. The average Bonchev–Trinajstić information content (AvgIpc) is 3.84. The Morgan fingerprint density at radius 2 is 1.57 bits per heavy atom. The molecule has 0 radical (unpaired) electrons. The van der Waals surface area contributed by atoms with Crippen molar-refractivity contribution < 1.29 is 27.8 Å². The van der Waals surface area contributed by atoms with Crippen LogP contribution >= 0.6 is 0 Å². The Balaban J connectivity index is 1.21. The molecule has 0 bridgehead atoms. The lowest BCUT2D eigenvalue weighted by atomic mass is 9.88. The van der Waals surface area contributed by atoms with Crippen LogP contribution in [-0.4, -0.2) is 58.1 Å². The van der Waals surface area contributed by atoms with Gasteiger partial charge in [-0.05, 0) is 123 Å². The average molecular weight is 666 g/mol. The first-order chi connectivity index (χ1) is 23.7. The van der Waals surface area contributed by atoms with Gasteiger partial charge in [-0.2, -0.15) is 8.78 Å². The van der Waals surface area contributed by atoms with Crippen molar-refractivity contribution in [1.29, 1.82) is 0 Å². The lowest BCUT2D eigenvalue weighted by Gasteiger charge is -2.22. The maximum absolute atomic E-state index is 13.5. The first kappa shape index (κ1) is 32.9. The van der Waals surface area contributed by atoms with E-state index in [2.05, 4.69) is 61.2 Å². The molecule has 0 spiro atoms. The molecule has 49 heavy (non-hydrogen) atoms. The van der Waals surface area contributed by atoms with E-state index < -0.39 is 18.6 Å². The van der Waals surface area contributed by atoms with Crippen LogP contribution in [0.1, 0.15) is 53.5 Å². The number of rotatable bonds is 10. The van der Waals surface area contributed by atoms with Gasteiger partial charge in [0.2, 0.25) is 5.89 Å². The van der Waals surface area contributed by atoms with Gasteiger partial charge < -0.3 is 14.3 Å². The van der Waals surface area contributed by atoms with Gasteiger partial charge in [-0.1, -0.05) is 48.5 Å². The molecule has 2 fully saturated rings. The maximum Gasteiger partial charge on any atom is 0.387 e. The molecule has 1 N–H and O–H groups in total. The molecule has 3 heterocycles. The maximum atomic E-state index is 13.5. The zero-order valence-corrected chi connectivity index (χ0v) is 28.1. The summed E-state index contributed by atoms with van der Waals surface area (Å²) in [4.78, 5) is 20.9. The van der Waals surface area contributed by atoms with Gasteiger partial charge in [0.1, 0.15) is 17.3 Å². The number of carbonyl (C=O) groups is 1. The monoisotopic (exact) mass is 665 g/mol. The molecule has 1 aromatic heterocycles. The van der Waals surface area contributed by atoms with Crippen LogP contribution in [0.2, 0.25) is 0 Å². The zero-order chi connectivity index (χ0) is 34.2. The Labute approximate surface area is 285 Å². The van der Waals surface area contributed by atoms with E-state index in [-0.39, 0.29) is 12.3 Å². The van der Waals surface area contributed by atoms with E-state index in [1.165, 1.54) is 59.8 Å². The van der Waals surface area contributed by atoms with Crippen molar-refractivity contribution in [2.75, 3.05) is 19.6 Å². The minimum atomic E-state index is -3.04. The number of likely N-dealkylation sites (tertiary alicyclic amines) is 2. The fourth-order valence-corrected chi connectivity index (χ4v) is 7.58. The summed E-state index contributed by atoms with van der Waals surface area (Å²) in [6, 6.07) is 21.7. The Morgan fingerprint density at radius 1 is 0.878 bits per heavy atom. The van der Waals surface area contributed by atoms with Gasteiger partial charge in [-0.3, -0.25) is 14.6 Å². The highest BCUT2D eigenvalue weighted by Gasteiger charge is 2.31. The van der Waals surface area contributed by atoms with E-state index in [0.29, 0.717) is 35.5 Å². The Kier molecular flexibility index (Phi) is 9.22. The van der Waals surface area contributed by atoms with E-state index in [9.17, 15) is 18.7 Å². The van der Waals surface area contributed by atoms with Crippen molar-refractivity contribution in [2.24, 2.45) is 0 Å². The van der Waals surface area contributed by atoms with Gasteiger partial charge in [-0.25, -0.2) is 4.98 Å². The number of benzene rings is 4. The van der Waals surface area contributed by atoms with Crippen LogP contribution in [0.4, 0.5) is 8.78 Å². The van der Waals surface area contributed by atoms with Gasteiger partial charge in [-0.15, -0.1) is 0 Å². The second kappa shape index (κ2) is 13.7. The van der Waals surface area contributed by atoms with Crippen molar-refractivity contribution in [3.63, 3.8) is 0 Å². The van der Waals surface area contributed by atoms with Crippen molar-refractivity contribution in [3.05, 3.63) is 94.5 Å². The van der Waals surface area contributed by atoms with Crippen LogP contribution in [-0.2, 0) is 17.9 Å². The number of nitrogens with zero attached hydrogens (tertiary/aromatic N) is 3. The molecule has 9 heteroatoms. The first-order valence-electron chi connectivity index (χ1n) is 17.0. The van der Waals surface area contributed by atoms with Gasteiger partial charge in [0.25, 0.3) is 0 Å². The van der Waals surface area contributed by atoms with E-state index >= 15 is 0 Å².